The van der Waals surface area contributed by atoms with Gasteiger partial charge in [0.05, 0.1) is 0 Å². The second-order valence-electron chi connectivity index (χ2n) is 2.50. The number of hydrogen-bond donors (Lipinski definition) is 1. The maximum Gasteiger partial charge on any atom is 0.106 e. The predicted molar refractivity (Wildman–Crippen MR) is 61.9 cm³/mol. The van der Waals surface area contributed by atoms with Crippen molar-refractivity contribution in [1.82, 2.24) is 10.3 Å². The molecule has 1 heterocycles. The van der Waals surface area contributed by atoms with Crippen LogP contribution < -0.4 is 5.32 Å². The van der Waals surface area contributed by atoms with Crippen LogP contribution in [0.1, 0.15) is 17.8 Å². The summed E-state index contributed by atoms with van der Waals surface area (Å²) in [5.41, 5.74) is 0. The molecule has 2 nitrogen and oxygen atoms in total. The van der Waals surface area contributed by atoms with E-state index in [4.69, 9.17) is 0 Å². The van der Waals surface area contributed by atoms with Crippen molar-refractivity contribution in [2.45, 2.75) is 19.4 Å². The van der Waals surface area contributed by atoms with Crippen molar-refractivity contribution < 1.29 is 0 Å². The summed E-state index contributed by atoms with van der Waals surface area (Å²) < 4.78 is 1.26. The number of rotatable bonds is 6. The minimum atomic E-state index is 0.929. The summed E-state index contributed by atoms with van der Waals surface area (Å²) in [4.78, 5) is 4.19. The first kappa shape index (κ1) is 10.4. The standard InChI is InChI=1S/C8H13IN2S/c9-3-1-2-4-10-7-8-11-5-6-12-8/h5-6,10H,1-4,7H2. The monoisotopic (exact) mass is 296 g/mol. The molecule has 0 aliphatic rings. The quantitative estimate of drug-likeness (QED) is 0.495. The molecule has 0 unspecified atom stereocenters. The summed E-state index contributed by atoms with van der Waals surface area (Å²) in [6.45, 7) is 2.04. The van der Waals surface area contributed by atoms with Crippen molar-refractivity contribution in [3.8, 4) is 0 Å². The highest BCUT2D eigenvalue weighted by Crippen LogP contribution is 2.02. The second-order valence-corrected chi connectivity index (χ2v) is 4.56. The maximum absolute atomic E-state index is 4.19. The smallest absolute Gasteiger partial charge is 0.106 e. The second kappa shape index (κ2) is 6.80. The van der Waals surface area contributed by atoms with E-state index in [0.717, 1.165) is 13.1 Å². The van der Waals surface area contributed by atoms with E-state index in [1.807, 2.05) is 11.6 Å². The van der Waals surface area contributed by atoms with Crippen LogP contribution >= 0.6 is 33.9 Å². The Hall–Kier alpha value is 0.320. The van der Waals surface area contributed by atoms with Gasteiger partial charge in [-0.1, -0.05) is 22.6 Å². The minimum Gasteiger partial charge on any atom is -0.310 e. The summed E-state index contributed by atoms with van der Waals surface area (Å²) in [5, 5.41) is 6.57. The summed E-state index contributed by atoms with van der Waals surface area (Å²) >= 11 is 4.12. The Balaban J connectivity index is 1.96. The van der Waals surface area contributed by atoms with Crippen molar-refractivity contribution in [2.75, 3.05) is 11.0 Å². The maximum atomic E-state index is 4.19. The molecular weight excluding hydrogens is 283 g/mol. The van der Waals surface area contributed by atoms with Gasteiger partial charge in [0.15, 0.2) is 0 Å². The van der Waals surface area contributed by atoms with Gasteiger partial charge in [0.1, 0.15) is 5.01 Å². The molecule has 1 N–H and O–H groups in total. The molecule has 0 aliphatic heterocycles. The first-order valence-corrected chi connectivity index (χ1v) is 6.49. The highest BCUT2D eigenvalue weighted by atomic mass is 127. The molecule has 12 heavy (non-hydrogen) atoms. The van der Waals surface area contributed by atoms with Gasteiger partial charge in [-0.25, -0.2) is 4.98 Å². The fourth-order valence-electron chi connectivity index (χ4n) is 0.880. The van der Waals surface area contributed by atoms with Crippen LogP contribution in [0.25, 0.3) is 0 Å². The zero-order valence-electron chi connectivity index (χ0n) is 6.92. The minimum absolute atomic E-state index is 0.929. The van der Waals surface area contributed by atoms with Crippen molar-refractivity contribution in [3.05, 3.63) is 16.6 Å². The molecule has 0 saturated heterocycles. The number of halogens is 1. The molecule has 0 atom stereocenters. The SMILES string of the molecule is ICCCCNCc1nccs1. The molecule has 0 saturated carbocycles. The summed E-state index contributed by atoms with van der Waals surface area (Å²) in [7, 11) is 0. The lowest BCUT2D eigenvalue weighted by molar-refractivity contribution is 0.644. The van der Waals surface area contributed by atoms with Crippen LogP contribution in [0, 0.1) is 0 Å². The first-order valence-electron chi connectivity index (χ1n) is 4.08. The van der Waals surface area contributed by atoms with Crippen LogP contribution in [0.2, 0.25) is 0 Å². The van der Waals surface area contributed by atoms with Crippen molar-refractivity contribution in [2.24, 2.45) is 0 Å². The zero-order valence-corrected chi connectivity index (χ0v) is 9.90. The van der Waals surface area contributed by atoms with E-state index in [1.54, 1.807) is 11.3 Å². The largest absolute Gasteiger partial charge is 0.310 e. The van der Waals surface area contributed by atoms with E-state index in [-0.39, 0.29) is 0 Å². The molecule has 4 heteroatoms. The molecule has 0 amide bonds. The van der Waals surface area contributed by atoms with E-state index in [2.05, 4.69) is 32.9 Å². The number of nitrogens with one attached hydrogen (secondary N) is 1. The highest BCUT2D eigenvalue weighted by molar-refractivity contribution is 14.1. The number of aromatic nitrogens is 1. The van der Waals surface area contributed by atoms with Gasteiger partial charge in [0.2, 0.25) is 0 Å². The molecular formula is C8H13IN2S. The fourth-order valence-corrected chi connectivity index (χ4v) is 2.01. The third kappa shape index (κ3) is 4.37. The van der Waals surface area contributed by atoms with E-state index in [0.29, 0.717) is 0 Å². The number of nitrogens with zero attached hydrogens (tertiary/aromatic N) is 1. The summed E-state index contributed by atoms with van der Waals surface area (Å²) in [6, 6.07) is 0. The van der Waals surface area contributed by atoms with Crippen LogP contribution in [0.15, 0.2) is 11.6 Å². The lowest BCUT2D eigenvalue weighted by Gasteiger charge is -1.99. The lowest BCUT2D eigenvalue weighted by atomic mass is 10.3. The Labute approximate surface area is 90.9 Å². The average molecular weight is 296 g/mol. The van der Waals surface area contributed by atoms with Crippen LogP contribution in [0.4, 0.5) is 0 Å². The van der Waals surface area contributed by atoms with Gasteiger partial charge in [0, 0.05) is 18.1 Å². The van der Waals surface area contributed by atoms with E-state index in [9.17, 15) is 0 Å². The Bertz CT molecular complexity index is 189. The van der Waals surface area contributed by atoms with Crippen molar-refractivity contribution in [1.29, 1.82) is 0 Å². The van der Waals surface area contributed by atoms with Crippen LogP contribution in [-0.2, 0) is 6.54 Å². The molecule has 1 aromatic rings. The molecule has 1 aromatic heterocycles. The van der Waals surface area contributed by atoms with Gasteiger partial charge in [-0.05, 0) is 23.8 Å². The molecule has 68 valence electrons. The molecule has 0 aromatic carbocycles. The predicted octanol–water partition coefficient (Wildman–Crippen LogP) is 2.45. The van der Waals surface area contributed by atoms with Gasteiger partial charge in [0.25, 0.3) is 0 Å². The first-order chi connectivity index (χ1) is 5.93. The lowest BCUT2D eigenvalue weighted by Crippen LogP contribution is -2.14. The topological polar surface area (TPSA) is 24.9 Å². The normalized spacial score (nSPS) is 10.4. The van der Waals surface area contributed by atoms with Crippen LogP contribution in [-0.4, -0.2) is 16.0 Å². The number of alkyl halides is 1. The number of thiazole rings is 1. The molecule has 0 aliphatic carbocycles. The Morgan fingerprint density at radius 1 is 1.50 bits per heavy atom. The Morgan fingerprint density at radius 2 is 2.42 bits per heavy atom. The average Bonchev–Trinajstić information content (AvgIpc) is 2.57. The molecule has 1 rings (SSSR count). The number of hydrogen-bond acceptors (Lipinski definition) is 3. The summed E-state index contributed by atoms with van der Waals surface area (Å²) in [6.07, 6.45) is 4.44. The van der Waals surface area contributed by atoms with Crippen LogP contribution in [0.5, 0.6) is 0 Å². The third-order valence-electron chi connectivity index (χ3n) is 1.50. The summed E-state index contributed by atoms with van der Waals surface area (Å²) in [5.74, 6) is 0. The van der Waals surface area contributed by atoms with Crippen LogP contribution in [0.3, 0.4) is 0 Å². The van der Waals surface area contributed by atoms with E-state index in [1.165, 1.54) is 22.3 Å². The van der Waals surface area contributed by atoms with Gasteiger partial charge < -0.3 is 5.32 Å². The van der Waals surface area contributed by atoms with Gasteiger partial charge in [-0.2, -0.15) is 0 Å². The molecule has 0 radical (unpaired) electrons. The molecule has 0 bridgehead atoms. The fraction of sp³-hybridized carbons (Fsp3) is 0.625. The van der Waals surface area contributed by atoms with Gasteiger partial charge in [-0.3, -0.25) is 0 Å². The number of unbranched alkanes of at least 4 members (excludes halogenated alkanes) is 1. The van der Waals surface area contributed by atoms with Crippen molar-refractivity contribution >= 4 is 33.9 Å². The molecule has 0 fully saturated rings. The van der Waals surface area contributed by atoms with Crippen molar-refractivity contribution in [3.63, 3.8) is 0 Å². The Kier molecular flexibility index (Phi) is 5.89. The molecule has 0 spiro atoms. The van der Waals surface area contributed by atoms with Gasteiger partial charge >= 0.3 is 0 Å². The van der Waals surface area contributed by atoms with Gasteiger partial charge in [-0.15, -0.1) is 11.3 Å². The Morgan fingerprint density at radius 3 is 3.08 bits per heavy atom. The van der Waals surface area contributed by atoms with E-state index >= 15 is 0 Å². The zero-order chi connectivity index (χ0) is 8.65. The van der Waals surface area contributed by atoms with E-state index < -0.39 is 0 Å². The highest BCUT2D eigenvalue weighted by Gasteiger charge is 1.93. The third-order valence-corrected chi connectivity index (χ3v) is 3.04.